The first kappa shape index (κ1) is 22.5. The summed E-state index contributed by atoms with van der Waals surface area (Å²) in [6.45, 7) is 6.99. The molecule has 170 valence electrons. The summed E-state index contributed by atoms with van der Waals surface area (Å²) in [6, 6.07) is 18.0. The van der Waals surface area contributed by atoms with E-state index in [0.29, 0.717) is 26.2 Å². The van der Waals surface area contributed by atoms with E-state index in [2.05, 4.69) is 27.2 Å². The number of hydrogen-bond donors (Lipinski definition) is 1. The van der Waals surface area contributed by atoms with Gasteiger partial charge in [0.25, 0.3) is 5.91 Å². The Hall–Kier alpha value is -2.70. The van der Waals surface area contributed by atoms with Crippen LogP contribution in [0, 0.1) is 0 Å². The van der Waals surface area contributed by atoms with E-state index in [9.17, 15) is 9.59 Å². The van der Waals surface area contributed by atoms with Crippen molar-refractivity contribution in [2.45, 2.75) is 32.4 Å². The predicted octanol–water partition coefficient (Wildman–Crippen LogP) is 2.75. The summed E-state index contributed by atoms with van der Waals surface area (Å²) in [6.07, 6.45) is 3.92. The molecule has 6 nitrogen and oxygen atoms in total. The quantitative estimate of drug-likeness (QED) is 0.728. The van der Waals surface area contributed by atoms with Gasteiger partial charge in [-0.2, -0.15) is 0 Å². The molecule has 2 fully saturated rings. The number of hydrogen-bond acceptors (Lipinski definition) is 4. The minimum atomic E-state index is 0.0259. The van der Waals surface area contributed by atoms with E-state index in [4.69, 9.17) is 0 Å². The van der Waals surface area contributed by atoms with Gasteiger partial charge in [-0.3, -0.25) is 19.4 Å². The largest absolute Gasteiger partial charge is 0.351 e. The Morgan fingerprint density at radius 2 is 1.41 bits per heavy atom. The normalized spacial score (nSPS) is 17.8. The van der Waals surface area contributed by atoms with E-state index in [1.807, 2.05) is 47.4 Å². The molecule has 0 aliphatic carbocycles. The van der Waals surface area contributed by atoms with Crippen LogP contribution in [0.3, 0.4) is 0 Å². The minimum Gasteiger partial charge on any atom is -0.351 e. The summed E-state index contributed by atoms with van der Waals surface area (Å²) >= 11 is 0. The molecule has 2 aromatic rings. The van der Waals surface area contributed by atoms with Crippen LogP contribution in [0.2, 0.25) is 0 Å². The molecule has 2 aliphatic rings. The molecule has 6 heteroatoms. The van der Waals surface area contributed by atoms with Crippen molar-refractivity contribution in [3.63, 3.8) is 0 Å². The third-order valence-corrected chi connectivity index (χ3v) is 6.41. The fourth-order valence-corrected chi connectivity index (χ4v) is 4.48. The molecular formula is C26H34N4O2. The first-order valence-electron chi connectivity index (χ1n) is 11.8. The summed E-state index contributed by atoms with van der Waals surface area (Å²) in [5.41, 5.74) is 3.12. The maximum absolute atomic E-state index is 12.9. The number of piperidine rings is 1. The lowest BCUT2D eigenvalue weighted by atomic mass is 10.1. The first-order valence-corrected chi connectivity index (χ1v) is 11.8. The average molecular weight is 435 g/mol. The molecule has 1 N–H and O–H groups in total. The topological polar surface area (TPSA) is 55.9 Å². The molecule has 2 aliphatic heterocycles. The molecule has 4 rings (SSSR count). The van der Waals surface area contributed by atoms with Crippen molar-refractivity contribution in [1.29, 1.82) is 0 Å². The molecule has 2 amide bonds. The van der Waals surface area contributed by atoms with Crippen molar-refractivity contribution in [3.8, 4) is 0 Å². The van der Waals surface area contributed by atoms with Crippen molar-refractivity contribution in [2.75, 3.05) is 45.8 Å². The van der Waals surface area contributed by atoms with Crippen molar-refractivity contribution < 1.29 is 9.59 Å². The molecule has 2 aromatic carbocycles. The highest BCUT2D eigenvalue weighted by atomic mass is 16.2. The van der Waals surface area contributed by atoms with E-state index in [-0.39, 0.29) is 11.8 Å². The van der Waals surface area contributed by atoms with Gasteiger partial charge in [0.05, 0.1) is 6.54 Å². The summed E-state index contributed by atoms with van der Waals surface area (Å²) in [7, 11) is 0. The van der Waals surface area contributed by atoms with Crippen molar-refractivity contribution >= 4 is 11.8 Å². The number of piperazine rings is 1. The molecule has 0 saturated carbocycles. The monoisotopic (exact) mass is 434 g/mol. The Kier molecular flexibility index (Phi) is 7.91. The smallest absolute Gasteiger partial charge is 0.253 e. The van der Waals surface area contributed by atoms with Gasteiger partial charge >= 0.3 is 0 Å². The van der Waals surface area contributed by atoms with Gasteiger partial charge in [0.1, 0.15) is 0 Å². The Morgan fingerprint density at radius 1 is 0.719 bits per heavy atom. The lowest BCUT2D eigenvalue weighted by Gasteiger charge is -2.34. The summed E-state index contributed by atoms with van der Waals surface area (Å²) < 4.78 is 0. The Bertz CT molecular complexity index is 870. The van der Waals surface area contributed by atoms with Gasteiger partial charge in [0.15, 0.2) is 0 Å². The fraction of sp³-hybridized carbons (Fsp3) is 0.462. The molecule has 0 aromatic heterocycles. The fourth-order valence-electron chi connectivity index (χ4n) is 4.48. The van der Waals surface area contributed by atoms with Gasteiger partial charge in [-0.15, -0.1) is 0 Å². The van der Waals surface area contributed by atoms with Gasteiger partial charge in [-0.05, 0) is 49.2 Å². The highest BCUT2D eigenvalue weighted by Crippen LogP contribution is 2.15. The number of likely N-dealkylation sites (tertiary alicyclic amines) is 1. The van der Waals surface area contributed by atoms with Crippen LogP contribution in [-0.2, 0) is 17.9 Å². The first-order chi connectivity index (χ1) is 15.7. The maximum atomic E-state index is 12.9. The van der Waals surface area contributed by atoms with Crippen LogP contribution in [0.25, 0.3) is 0 Å². The zero-order valence-electron chi connectivity index (χ0n) is 18.8. The van der Waals surface area contributed by atoms with E-state index in [1.165, 1.54) is 37.9 Å². The summed E-state index contributed by atoms with van der Waals surface area (Å²) in [5.74, 6) is 0.112. The molecule has 2 saturated heterocycles. The highest BCUT2D eigenvalue weighted by molar-refractivity contribution is 5.94. The molecule has 0 radical (unpaired) electrons. The Balaban J connectivity index is 1.19. The number of carbonyl (C=O) groups is 2. The summed E-state index contributed by atoms with van der Waals surface area (Å²) in [4.78, 5) is 31.7. The molecule has 0 unspecified atom stereocenters. The zero-order valence-corrected chi connectivity index (χ0v) is 18.8. The number of nitrogens with one attached hydrogen (secondary N) is 1. The molecular weight excluding hydrogens is 400 g/mol. The van der Waals surface area contributed by atoms with Gasteiger partial charge < -0.3 is 10.2 Å². The number of nitrogens with zero attached hydrogens (tertiary/aromatic N) is 3. The Morgan fingerprint density at radius 3 is 2.09 bits per heavy atom. The molecule has 0 bridgehead atoms. The third-order valence-electron chi connectivity index (χ3n) is 6.41. The van der Waals surface area contributed by atoms with Crippen LogP contribution in [0.5, 0.6) is 0 Å². The van der Waals surface area contributed by atoms with E-state index in [1.54, 1.807) is 0 Å². The van der Waals surface area contributed by atoms with E-state index < -0.39 is 0 Å². The van der Waals surface area contributed by atoms with E-state index in [0.717, 1.165) is 30.8 Å². The van der Waals surface area contributed by atoms with Crippen molar-refractivity contribution in [1.82, 2.24) is 20.0 Å². The van der Waals surface area contributed by atoms with Crippen LogP contribution >= 0.6 is 0 Å². The summed E-state index contributed by atoms with van der Waals surface area (Å²) in [5, 5.41) is 2.98. The number of rotatable bonds is 7. The molecule has 32 heavy (non-hydrogen) atoms. The lowest BCUT2D eigenvalue weighted by Crippen LogP contribution is -2.51. The van der Waals surface area contributed by atoms with Gasteiger partial charge in [0.2, 0.25) is 5.91 Å². The standard InChI is InChI=1S/C26H34N4O2/c31-25(27-19-22-7-3-1-4-8-22)21-29-15-17-30(18-16-29)26(32)24-11-9-23(10-12-24)20-28-13-5-2-6-14-28/h1,3-4,7-12H,2,5-6,13-21H2,(H,27,31). The second kappa shape index (κ2) is 11.2. The van der Waals surface area contributed by atoms with Crippen LogP contribution in [-0.4, -0.2) is 72.3 Å². The molecule has 0 atom stereocenters. The predicted molar refractivity (Wildman–Crippen MR) is 126 cm³/mol. The molecule has 0 spiro atoms. The van der Waals surface area contributed by atoms with Crippen molar-refractivity contribution in [2.24, 2.45) is 0 Å². The van der Waals surface area contributed by atoms with Crippen LogP contribution in [0.1, 0.15) is 40.7 Å². The molecule has 2 heterocycles. The highest BCUT2D eigenvalue weighted by Gasteiger charge is 2.23. The lowest BCUT2D eigenvalue weighted by molar-refractivity contribution is -0.122. The SMILES string of the molecule is O=C(CN1CCN(C(=O)c2ccc(CN3CCCCC3)cc2)CC1)NCc1ccccc1. The van der Waals surface area contributed by atoms with E-state index >= 15 is 0 Å². The van der Waals surface area contributed by atoms with Gasteiger partial charge in [-0.1, -0.05) is 48.9 Å². The van der Waals surface area contributed by atoms with Gasteiger partial charge in [-0.25, -0.2) is 0 Å². The number of benzene rings is 2. The minimum absolute atomic E-state index is 0.0259. The van der Waals surface area contributed by atoms with Crippen molar-refractivity contribution in [3.05, 3.63) is 71.3 Å². The van der Waals surface area contributed by atoms with Crippen LogP contribution < -0.4 is 5.32 Å². The number of carbonyl (C=O) groups excluding carboxylic acids is 2. The number of amides is 2. The Labute approximate surface area is 191 Å². The average Bonchev–Trinajstić information content (AvgIpc) is 2.85. The third kappa shape index (κ3) is 6.40. The zero-order chi connectivity index (χ0) is 22.2. The maximum Gasteiger partial charge on any atom is 0.253 e. The van der Waals surface area contributed by atoms with Crippen LogP contribution in [0.15, 0.2) is 54.6 Å². The second-order valence-electron chi connectivity index (χ2n) is 8.86. The van der Waals surface area contributed by atoms with Gasteiger partial charge in [0, 0.05) is 44.8 Å². The van der Waals surface area contributed by atoms with Crippen LogP contribution in [0.4, 0.5) is 0 Å². The second-order valence-corrected chi connectivity index (χ2v) is 8.86.